The number of ether oxygens (including phenoxy) is 1. The van der Waals surface area contributed by atoms with Crippen molar-refractivity contribution in [2.75, 3.05) is 13.2 Å². The third kappa shape index (κ3) is 4.71. The van der Waals surface area contributed by atoms with Crippen molar-refractivity contribution in [3.63, 3.8) is 0 Å². The SMILES string of the molecule is CCC(CC)(NC(=O)CCNC(=O)OCC1c2ccccc2-c2ccccc21)C(=O)O. The summed E-state index contributed by atoms with van der Waals surface area (Å²) in [5, 5.41) is 14.5. The lowest BCUT2D eigenvalue weighted by Gasteiger charge is -2.28. The second-order valence-electron chi connectivity index (χ2n) is 7.64. The van der Waals surface area contributed by atoms with Gasteiger partial charge in [-0.05, 0) is 35.1 Å². The van der Waals surface area contributed by atoms with Crippen LogP contribution < -0.4 is 10.6 Å². The molecule has 31 heavy (non-hydrogen) atoms. The lowest BCUT2D eigenvalue weighted by molar-refractivity contribution is -0.148. The number of carboxylic acid groups (broad SMARTS) is 1. The molecule has 164 valence electrons. The van der Waals surface area contributed by atoms with Crippen molar-refractivity contribution in [3.05, 3.63) is 59.7 Å². The summed E-state index contributed by atoms with van der Waals surface area (Å²) in [6, 6.07) is 16.1. The zero-order chi connectivity index (χ0) is 22.4. The molecular weight excluding hydrogens is 396 g/mol. The van der Waals surface area contributed by atoms with Crippen molar-refractivity contribution >= 4 is 18.0 Å². The van der Waals surface area contributed by atoms with E-state index in [9.17, 15) is 19.5 Å². The van der Waals surface area contributed by atoms with Crippen LogP contribution in [0.2, 0.25) is 0 Å². The number of aliphatic carboxylic acids is 1. The van der Waals surface area contributed by atoms with Crippen LogP contribution >= 0.6 is 0 Å². The maximum atomic E-state index is 12.2. The first-order chi connectivity index (χ1) is 14.9. The zero-order valence-corrected chi connectivity index (χ0v) is 17.8. The van der Waals surface area contributed by atoms with Crippen LogP contribution in [0.4, 0.5) is 4.79 Å². The Morgan fingerprint density at radius 3 is 2.03 bits per heavy atom. The molecular formula is C24H28N2O5. The number of carbonyl (C=O) groups excluding carboxylic acids is 2. The topological polar surface area (TPSA) is 105 Å². The van der Waals surface area contributed by atoms with Crippen molar-refractivity contribution in [3.8, 4) is 11.1 Å². The highest BCUT2D eigenvalue weighted by Gasteiger charge is 2.36. The molecule has 0 heterocycles. The standard InChI is InChI=1S/C24H28N2O5/c1-3-24(4-2,22(28)29)26-21(27)13-14-25-23(30)31-15-20-18-11-7-5-9-16(18)17-10-6-8-12-19(17)20/h5-12,20H,3-4,13-15H2,1-2H3,(H,25,30)(H,26,27)(H,28,29). The van der Waals surface area contributed by atoms with Gasteiger partial charge < -0.3 is 20.5 Å². The molecule has 1 aliphatic carbocycles. The lowest BCUT2D eigenvalue weighted by atomic mass is 9.93. The fraction of sp³-hybridized carbons (Fsp3) is 0.375. The average Bonchev–Trinajstić information content (AvgIpc) is 3.09. The molecule has 0 saturated carbocycles. The van der Waals surface area contributed by atoms with E-state index < -0.39 is 23.5 Å². The van der Waals surface area contributed by atoms with Gasteiger partial charge in [-0.15, -0.1) is 0 Å². The highest BCUT2D eigenvalue weighted by molar-refractivity contribution is 5.87. The number of amides is 2. The summed E-state index contributed by atoms with van der Waals surface area (Å²) in [5.74, 6) is -1.52. The molecule has 0 atom stereocenters. The van der Waals surface area contributed by atoms with Gasteiger partial charge in [-0.3, -0.25) is 4.79 Å². The predicted octanol–water partition coefficient (Wildman–Crippen LogP) is 3.67. The molecule has 2 aromatic rings. The number of fused-ring (bicyclic) bond motifs is 3. The molecule has 1 aliphatic rings. The minimum absolute atomic E-state index is 0.0285. The highest BCUT2D eigenvalue weighted by atomic mass is 16.5. The molecule has 0 spiro atoms. The number of nitrogens with one attached hydrogen (secondary N) is 2. The van der Waals surface area contributed by atoms with E-state index in [0.29, 0.717) is 0 Å². The monoisotopic (exact) mass is 424 g/mol. The summed E-state index contributed by atoms with van der Waals surface area (Å²) < 4.78 is 5.43. The fourth-order valence-electron chi connectivity index (χ4n) is 4.04. The van der Waals surface area contributed by atoms with E-state index in [1.165, 1.54) is 0 Å². The molecule has 0 saturated heterocycles. The minimum atomic E-state index is -1.28. The van der Waals surface area contributed by atoms with Gasteiger partial charge in [0.1, 0.15) is 12.1 Å². The molecule has 2 aromatic carbocycles. The van der Waals surface area contributed by atoms with Crippen LogP contribution in [-0.2, 0) is 14.3 Å². The summed E-state index contributed by atoms with van der Waals surface area (Å²) >= 11 is 0. The van der Waals surface area contributed by atoms with Gasteiger partial charge >= 0.3 is 12.1 Å². The van der Waals surface area contributed by atoms with Crippen molar-refractivity contribution in [2.24, 2.45) is 0 Å². The summed E-state index contributed by atoms with van der Waals surface area (Å²) in [5.41, 5.74) is 3.27. The molecule has 0 bridgehead atoms. The summed E-state index contributed by atoms with van der Waals surface area (Å²) in [7, 11) is 0. The minimum Gasteiger partial charge on any atom is -0.480 e. The van der Waals surface area contributed by atoms with Crippen LogP contribution in [0.25, 0.3) is 11.1 Å². The van der Waals surface area contributed by atoms with E-state index in [1.807, 2.05) is 36.4 Å². The van der Waals surface area contributed by atoms with Gasteiger partial charge in [0.2, 0.25) is 5.91 Å². The molecule has 3 rings (SSSR count). The Bertz CT molecular complexity index is 922. The predicted molar refractivity (Wildman–Crippen MR) is 117 cm³/mol. The smallest absolute Gasteiger partial charge is 0.407 e. The second kappa shape index (κ2) is 9.64. The van der Waals surface area contributed by atoms with E-state index in [-0.39, 0.29) is 38.3 Å². The summed E-state index contributed by atoms with van der Waals surface area (Å²) in [4.78, 5) is 35.8. The molecule has 0 aliphatic heterocycles. The first kappa shape index (κ1) is 22.3. The first-order valence-corrected chi connectivity index (χ1v) is 10.5. The van der Waals surface area contributed by atoms with Gasteiger partial charge in [0.15, 0.2) is 0 Å². The number of alkyl carbamates (subject to hydrolysis) is 1. The van der Waals surface area contributed by atoms with E-state index in [4.69, 9.17) is 4.74 Å². The van der Waals surface area contributed by atoms with Crippen molar-refractivity contribution < 1.29 is 24.2 Å². The maximum Gasteiger partial charge on any atom is 0.407 e. The van der Waals surface area contributed by atoms with Gasteiger partial charge in [-0.1, -0.05) is 62.4 Å². The number of benzene rings is 2. The van der Waals surface area contributed by atoms with Crippen LogP contribution in [0.5, 0.6) is 0 Å². The third-order valence-electron chi connectivity index (χ3n) is 5.96. The summed E-state index contributed by atoms with van der Waals surface area (Å²) in [6.07, 6.45) is -0.0706. The first-order valence-electron chi connectivity index (χ1n) is 10.5. The lowest BCUT2D eigenvalue weighted by Crippen LogP contribution is -2.54. The van der Waals surface area contributed by atoms with Crippen molar-refractivity contribution in [2.45, 2.75) is 44.6 Å². The van der Waals surface area contributed by atoms with Gasteiger partial charge in [0.05, 0.1) is 0 Å². The van der Waals surface area contributed by atoms with E-state index in [1.54, 1.807) is 13.8 Å². The van der Waals surface area contributed by atoms with Crippen LogP contribution in [0.1, 0.15) is 50.2 Å². The van der Waals surface area contributed by atoms with E-state index in [2.05, 4.69) is 22.8 Å². The van der Waals surface area contributed by atoms with E-state index in [0.717, 1.165) is 22.3 Å². The van der Waals surface area contributed by atoms with Gasteiger partial charge in [0.25, 0.3) is 0 Å². The second-order valence-corrected chi connectivity index (χ2v) is 7.64. The van der Waals surface area contributed by atoms with Crippen molar-refractivity contribution in [1.82, 2.24) is 10.6 Å². The Hall–Kier alpha value is -3.35. The van der Waals surface area contributed by atoms with Crippen LogP contribution in [0, 0.1) is 0 Å². The van der Waals surface area contributed by atoms with Crippen LogP contribution in [0.15, 0.2) is 48.5 Å². The molecule has 7 heteroatoms. The van der Waals surface area contributed by atoms with Crippen molar-refractivity contribution in [1.29, 1.82) is 0 Å². The Kier molecular flexibility index (Phi) is 6.95. The Balaban J connectivity index is 1.50. The highest BCUT2D eigenvalue weighted by Crippen LogP contribution is 2.44. The number of rotatable bonds is 9. The van der Waals surface area contributed by atoms with E-state index >= 15 is 0 Å². The molecule has 0 radical (unpaired) electrons. The van der Waals surface area contributed by atoms with Crippen LogP contribution in [0.3, 0.4) is 0 Å². The Labute approximate surface area is 181 Å². The normalized spacial score (nSPS) is 12.6. The number of carbonyl (C=O) groups is 3. The largest absolute Gasteiger partial charge is 0.480 e. The quantitative estimate of drug-likeness (QED) is 0.570. The summed E-state index contributed by atoms with van der Waals surface area (Å²) in [6.45, 7) is 3.69. The number of hydrogen-bond acceptors (Lipinski definition) is 4. The molecule has 0 unspecified atom stereocenters. The van der Waals surface area contributed by atoms with Gasteiger partial charge in [0, 0.05) is 18.9 Å². The number of hydrogen-bond donors (Lipinski definition) is 3. The van der Waals surface area contributed by atoms with Crippen LogP contribution in [-0.4, -0.2) is 41.8 Å². The third-order valence-corrected chi connectivity index (χ3v) is 5.96. The zero-order valence-electron chi connectivity index (χ0n) is 17.8. The molecule has 0 fully saturated rings. The Morgan fingerprint density at radius 2 is 1.52 bits per heavy atom. The maximum absolute atomic E-state index is 12.2. The molecule has 0 aromatic heterocycles. The number of carboxylic acids is 1. The average molecular weight is 424 g/mol. The fourth-order valence-corrected chi connectivity index (χ4v) is 4.04. The molecule has 7 nitrogen and oxygen atoms in total. The van der Waals surface area contributed by atoms with Gasteiger partial charge in [-0.25, -0.2) is 9.59 Å². The molecule has 3 N–H and O–H groups in total. The van der Waals surface area contributed by atoms with Gasteiger partial charge in [-0.2, -0.15) is 0 Å². The Morgan fingerprint density at radius 1 is 0.968 bits per heavy atom. The molecule has 2 amide bonds.